The fourth-order valence-electron chi connectivity index (χ4n) is 1.54. The molecule has 0 fully saturated rings. The molecule has 0 radical (unpaired) electrons. The lowest BCUT2D eigenvalue weighted by Crippen LogP contribution is -2.30. The predicted octanol–water partition coefficient (Wildman–Crippen LogP) is 0.793. The van der Waals surface area contributed by atoms with E-state index in [1.165, 1.54) is 6.92 Å². The summed E-state index contributed by atoms with van der Waals surface area (Å²) in [6, 6.07) is 7.39. The number of nitrogens with one attached hydrogen (secondary N) is 2. The van der Waals surface area contributed by atoms with Crippen molar-refractivity contribution in [1.29, 1.82) is 5.26 Å². The number of nitrogens with zero attached hydrogens (tertiary/aromatic N) is 1. The highest BCUT2D eigenvalue weighted by molar-refractivity contribution is 5.72. The van der Waals surface area contributed by atoms with E-state index in [-0.39, 0.29) is 5.91 Å². The van der Waals surface area contributed by atoms with Crippen molar-refractivity contribution in [2.45, 2.75) is 13.5 Å². The monoisotopic (exact) mass is 247 g/mol. The van der Waals surface area contributed by atoms with Crippen LogP contribution in [0.4, 0.5) is 0 Å². The number of benzene rings is 1. The lowest BCUT2D eigenvalue weighted by Gasteiger charge is -2.10. The fourth-order valence-corrected chi connectivity index (χ4v) is 1.54. The van der Waals surface area contributed by atoms with E-state index in [9.17, 15) is 4.79 Å². The topological polar surface area (TPSA) is 74.2 Å². The minimum absolute atomic E-state index is 0.0409. The van der Waals surface area contributed by atoms with Crippen molar-refractivity contribution in [3.05, 3.63) is 29.3 Å². The molecule has 1 aromatic carbocycles. The molecule has 0 bridgehead atoms. The van der Waals surface area contributed by atoms with Gasteiger partial charge in [0.1, 0.15) is 5.75 Å². The highest BCUT2D eigenvalue weighted by atomic mass is 16.5. The number of methoxy groups -OCH3 is 1. The molecule has 0 unspecified atom stereocenters. The number of nitriles is 1. The second kappa shape index (κ2) is 7.30. The van der Waals surface area contributed by atoms with Crippen molar-refractivity contribution >= 4 is 5.91 Å². The van der Waals surface area contributed by atoms with E-state index in [2.05, 4.69) is 16.7 Å². The Morgan fingerprint density at radius 2 is 2.22 bits per heavy atom. The first-order chi connectivity index (χ1) is 8.67. The summed E-state index contributed by atoms with van der Waals surface area (Å²) >= 11 is 0. The lowest BCUT2D eigenvalue weighted by atomic mass is 10.1. The highest BCUT2D eigenvalue weighted by Gasteiger charge is 2.03. The van der Waals surface area contributed by atoms with Crippen LogP contribution in [0.25, 0.3) is 0 Å². The van der Waals surface area contributed by atoms with Gasteiger partial charge in [-0.1, -0.05) is 0 Å². The number of hydrogen-bond donors (Lipinski definition) is 2. The zero-order chi connectivity index (χ0) is 13.4. The predicted molar refractivity (Wildman–Crippen MR) is 68.1 cm³/mol. The number of carbonyl (C=O) groups excluding carboxylic acids is 1. The van der Waals surface area contributed by atoms with Crippen LogP contribution in [0.1, 0.15) is 18.1 Å². The van der Waals surface area contributed by atoms with Crippen molar-refractivity contribution < 1.29 is 9.53 Å². The number of carbonyl (C=O) groups is 1. The molecule has 5 nitrogen and oxygen atoms in total. The number of amides is 1. The van der Waals surface area contributed by atoms with Crippen LogP contribution in [-0.2, 0) is 11.3 Å². The maximum absolute atomic E-state index is 10.7. The summed E-state index contributed by atoms with van der Waals surface area (Å²) in [6.07, 6.45) is 0. The summed E-state index contributed by atoms with van der Waals surface area (Å²) in [5.74, 6) is 0.710. The molecular weight excluding hydrogens is 230 g/mol. The summed E-state index contributed by atoms with van der Waals surface area (Å²) in [6.45, 7) is 3.33. The second-order valence-corrected chi connectivity index (χ2v) is 3.80. The normalized spacial score (nSPS) is 9.61. The van der Waals surface area contributed by atoms with Crippen molar-refractivity contribution in [2.24, 2.45) is 0 Å². The third-order valence-corrected chi connectivity index (χ3v) is 2.40. The molecule has 0 aliphatic heterocycles. The molecule has 18 heavy (non-hydrogen) atoms. The van der Waals surface area contributed by atoms with Gasteiger partial charge >= 0.3 is 0 Å². The van der Waals surface area contributed by atoms with Crippen LogP contribution in [0.5, 0.6) is 5.75 Å². The van der Waals surface area contributed by atoms with Gasteiger partial charge in [0, 0.05) is 32.1 Å². The minimum Gasteiger partial charge on any atom is -0.496 e. The van der Waals surface area contributed by atoms with E-state index in [1.807, 2.05) is 0 Å². The van der Waals surface area contributed by atoms with Crippen LogP contribution in [-0.4, -0.2) is 26.1 Å². The largest absolute Gasteiger partial charge is 0.496 e. The van der Waals surface area contributed by atoms with Crippen molar-refractivity contribution in [3.63, 3.8) is 0 Å². The molecule has 1 rings (SSSR count). The number of ether oxygens (including phenoxy) is 1. The number of rotatable bonds is 6. The van der Waals surface area contributed by atoms with E-state index >= 15 is 0 Å². The van der Waals surface area contributed by atoms with Crippen LogP contribution in [0.15, 0.2) is 18.2 Å². The van der Waals surface area contributed by atoms with E-state index in [0.29, 0.717) is 25.2 Å². The first-order valence-corrected chi connectivity index (χ1v) is 5.69. The first kappa shape index (κ1) is 14.0. The molecule has 0 aliphatic carbocycles. The molecule has 0 aromatic heterocycles. The maximum atomic E-state index is 10.7. The summed E-state index contributed by atoms with van der Waals surface area (Å²) in [5.41, 5.74) is 1.54. The Kier molecular flexibility index (Phi) is 5.68. The van der Waals surface area contributed by atoms with Gasteiger partial charge in [-0.2, -0.15) is 5.26 Å². The molecule has 96 valence electrons. The van der Waals surface area contributed by atoms with Crippen LogP contribution < -0.4 is 15.4 Å². The van der Waals surface area contributed by atoms with Gasteiger partial charge in [-0.05, 0) is 18.2 Å². The smallest absolute Gasteiger partial charge is 0.216 e. The Morgan fingerprint density at radius 1 is 1.44 bits per heavy atom. The molecule has 1 aromatic rings. The first-order valence-electron chi connectivity index (χ1n) is 5.69. The Balaban J connectivity index is 2.50. The van der Waals surface area contributed by atoms with Gasteiger partial charge in [-0.15, -0.1) is 0 Å². The average Bonchev–Trinajstić information content (AvgIpc) is 2.37. The van der Waals surface area contributed by atoms with Gasteiger partial charge < -0.3 is 15.4 Å². The Bertz CT molecular complexity index is 452. The van der Waals surface area contributed by atoms with Gasteiger partial charge in [0.25, 0.3) is 0 Å². The SMILES string of the molecule is COc1ccc(C#N)cc1CNCCNC(C)=O. The second-order valence-electron chi connectivity index (χ2n) is 3.80. The maximum Gasteiger partial charge on any atom is 0.216 e. The summed E-state index contributed by atoms with van der Waals surface area (Å²) in [5, 5.41) is 14.7. The summed E-state index contributed by atoms with van der Waals surface area (Å²) in [4.78, 5) is 10.7. The summed E-state index contributed by atoms with van der Waals surface area (Å²) < 4.78 is 5.22. The molecule has 0 spiro atoms. The van der Waals surface area contributed by atoms with Gasteiger partial charge in [0.15, 0.2) is 0 Å². The molecule has 2 N–H and O–H groups in total. The van der Waals surface area contributed by atoms with Gasteiger partial charge in [-0.3, -0.25) is 4.79 Å². The average molecular weight is 247 g/mol. The Hall–Kier alpha value is -2.06. The number of hydrogen-bond acceptors (Lipinski definition) is 4. The molecule has 0 saturated heterocycles. The standard InChI is InChI=1S/C13H17N3O2/c1-10(17)16-6-5-15-9-12-7-11(8-14)3-4-13(12)18-2/h3-4,7,15H,5-6,9H2,1-2H3,(H,16,17). The van der Waals surface area contributed by atoms with Crippen LogP contribution >= 0.6 is 0 Å². The van der Waals surface area contributed by atoms with E-state index in [4.69, 9.17) is 10.00 Å². The van der Waals surface area contributed by atoms with Gasteiger partial charge in [0.2, 0.25) is 5.91 Å². The van der Waals surface area contributed by atoms with Gasteiger partial charge in [0.05, 0.1) is 18.7 Å². The fraction of sp³-hybridized carbons (Fsp3) is 0.385. The molecule has 0 atom stereocenters. The lowest BCUT2D eigenvalue weighted by molar-refractivity contribution is -0.118. The Labute approximate surface area is 107 Å². The molecule has 1 amide bonds. The zero-order valence-corrected chi connectivity index (χ0v) is 10.6. The quantitative estimate of drug-likeness (QED) is 0.729. The van der Waals surface area contributed by atoms with E-state index in [1.54, 1.807) is 25.3 Å². The molecule has 0 aliphatic rings. The molecule has 5 heteroatoms. The third kappa shape index (κ3) is 4.44. The van der Waals surface area contributed by atoms with Crippen molar-refractivity contribution in [1.82, 2.24) is 10.6 Å². The summed E-state index contributed by atoms with van der Waals surface area (Å²) in [7, 11) is 1.60. The van der Waals surface area contributed by atoms with Crippen LogP contribution in [0, 0.1) is 11.3 Å². The van der Waals surface area contributed by atoms with Crippen LogP contribution in [0.3, 0.4) is 0 Å². The van der Waals surface area contributed by atoms with E-state index in [0.717, 1.165) is 11.3 Å². The Morgan fingerprint density at radius 3 is 2.83 bits per heavy atom. The van der Waals surface area contributed by atoms with Gasteiger partial charge in [-0.25, -0.2) is 0 Å². The van der Waals surface area contributed by atoms with Crippen molar-refractivity contribution in [3.8, 4) is 11.8 Å². The molecule has 0 saturated carbocycles. The van der Waals surface area contributed by atoms with Crippen LogP contribution in [0.2, 0.25) is 0 Å². The highest BCUT2D eigenvalue weighted by Crippen LogP contribution is 2.19. The van der Waals surface area contributed by atoms with Crippen molar-refractivity contribution in [2.75, 3.05) is 20.2 Å². The third-order valence-electron chi connectivity index (χ3n) is 2.40. The minimum atomic E-state index is -0.0409. The molecule has 0 heterocycles. The van der Waals surface area contributed by atoms with E-state index < -0.39 is 0 Å². The zero-order valence-electron chi connectivity index (χ0n) is 10.6. The molecular formula is C13H17N3O2.